The molecule has 1 aromatic rings. The molecular formula is C13H18N2O4. The maximum absolute atomic E-state index is 12.0. The lowest BCUT2D eigenvalue weighted by Gasteiger charge is -2.26. The lowest BCUT2D eigenvalue weighted by molar-refractivity contribution is 0.0697. The van der Waals surface area contributed by atoms with E-state index in [1.54, 1.807) is 12.1 Å². The summed E-state index contributed by atoms with van der Waals surface area (Å²) in [7, 11) is 0. The molecule has 0 saturated carbocycles. The number of nitrogens with zero attached hydrogens (tertiary/aromatic N) is 1. The van der Waals surface area contributed by atoms with Gasteiger partial charge in [0.25, 0.3) is 0 Å². The minimum atomic E-state index is -1.05. The molecule has 0 spiro atoms. The first-order valence-corrected chi connectivity index (χ1v) is 5.97. The Morgan fingerprint density at radius 1 is 1.37 bits per heavy atom. The number of hydrogen-bond acceptors (Lipinski definition) is 3. The van der Waals surface area contributed by atoms with Crippen LogP contribution in [0.2, 0.25) is 0 Å². The Morgan fingerprint density at radius 3 is 2.58 bits per heavy atom. The Balaban J connectivity index is 2.80. The highest BCUT2D eigenvalue weighted by molar-refractivity contribution is 5.93. The van der Waals surface area contributed by atoms with Crippen molar-refractivity contribution in [3.8, 4) is 0 Å². The molecule has 1 rings (SSSR count). The molecule has 2 amide bonds. The number of carbonyl (C=O) groups is 2. The van der Waals surface area contributed by atoms with Crippen LogP contribution in [-0.2, 0) is 0 Å². The van der Waals surface area contributed by atoms with Crippen molar-refractivity contribution in [2.75, 3.05) is 18.5 Å². The zero-order chi connectivity index (χ0) is 14.4. The topological polar surface area (TPSA) is 89.9 Å². The quantitative estimate of drug-likeness (QED) is 0.755. The van der Waals surface area contributed by atoms with Gasteiger partial charge in [0.2, 0.25) is 0 Å². The van der Waals surface area contributed by atoms with Gasteiger partial charge in [0.15, 0.2) is 0 Å². The van der Waals surface area contributed by atoms with Crippen molar-refractivity contribution in [3.05, 3.63) is 29.8 Å². The Labute approximate surface area is 111 Å². The molecule has 0 heterocycles. The van der Waals surface area contributed by atoms with Crippen LogP contribution in [-0.4, -0.2) is 46.3 Å². The summed E-state index contributed by atoms with van der Waals surface area (Å²) in [5, 5.41) is 20.4. The minimum Gasteiger partial charge on any atom is -0.478 e. The highest BCUT2D eigenvalue weighted by Gasteiger charge is 2.16. The predicted molar refractivity (Wildman–Crippen MR) is 71.3 cm³/mol. The number of aliphatic hydroxyl groups is 1. The van der Waals surface area contributed by atoms with Crippen molar-refractivity contribution in [1.29, 1.82) is 0 Å². The van der Waals surface area contributed by atoms with Gasteiger partial charge in [-0.3, -0.25) is 0 Å². The van der Waals surface area contributed by atoms with E-state index in [0.29, 0.717) is 5.69 Å². The predicted octanol–water partition coefficient (Wildman–Crippen LogP) is 1.62. The average Bonchev–Trinajstić information content (AvgIpc) is 2.35. The van der Waals surface area contributed by atoms with Crippen LogP contribution in [0.15, 0.2) is 24.3 Å². The molecule has 0 aliphatic carbocycles. The number of benzene rings is 1. The van der Waals surface area contributed by atoms with Crippen LogP contribution in [0.5, 0.6) is 0 Å². The molecule has 6 heteroatoms. The lowest BCUT2D eigenvalue weighted by atomic mass is 10.2. The van der Waals surface area contributed by atoms with Crippen LogP contribution in [0.1, 0.15) is 24.2 Å². The second kappa shape index (κ2) is 6.75. The minimum absolute atomic E-state index is 0.0604. The molecule has 0 radical (unpaired) electrons. The normalized spacial score (nSPS) is 10.3. The van der Waals surface area contributed by atoms with Crippen molar-refractivity contribution in [2.24, 2.45) is 0 Å². The van der Waals surface area contributed by atoms with Crippen LogP contribution in [0.3, 0.4) is 0 Å². The number of urea groups is 1. The zero-order valence-electron chi connectivity index (χ0n) is 11.0. The third-order valence-electron chi connectivity index (χ3n) is 2.59. The molecule has 0 saturated heterocycles. The fourth-order valence-corrected chi connectivity index (χ4v) is 1.63. The summed E-state index contributed by atoms with van der Waals surface area (Å²) >= 11 is 0. The van der Waals surface area contributed by atoms with Crippen molar-refractivity contribution >= 4 is 17.7 Å². The van der Waals surface area contributed by atoms with E-state index in [-0.39, 0.29) is 30.8 Å². The van der Waals surface area contributed by atoms with E-state index in [1.165, 1.54) is 17.0 Å². The highest BCUT2D eigenvalue weighted by Crippen LogP contribution is 2.12. The van der Waals surface area contributed by atoms with Gasteiger partial charge in [-0.15, -0.1) is 0 Å². The molecule has 6 nitrogen and oxygen atoms in total. The fraction of sp³-hybridized carbons (Fsp3) is 0.385. The molecule has 19 heavy (non-hydrogen) atoms. The lowest BCUT2D eigenvalue weighted by Crippen LogP contribution is -2.41. The standard InChI is InChI=1S/C13H18N2O4/c1-9(2)15(6-7-16)13(19)14-11-5-3-4-10(8-11)12(17)18/h3-5,8-9,16H,6-7H2,1-2H3,(H,14,19)(H,17,18). The summed E-state index contributed by atoms with van der Waals surface area (Å²) < 4.78 is 0. The van der Waals surface area contributed by atoms with Gasteiger partial charge < -0.3 is 20.4 Å². The second-order valence-corrected chi connectivity index (χ2v) is 4.33. The number of amides is 2. The Hall–Kier alpha value is -2.08. The number of aliphatic hydroxyl groups excluding tert-OH is 1. The molecule has 0 aliphatic rings. The van der Waals surface area contributed by atoms with Gasteiger partial charge in [0.1, 0.15) is 0 Å². The summed E-state index contributed by atoms with van der Waals surface area (Å²) in [6, 6.07) is 5.58. The monoisotopic (exact) mass is 266 g/mol. The van der Waals surface area contributed by atoms with E-state index >= 15 is 0 Å². The van der Waals surface area contributed by atoms with Crippen LogP contribution >= 0.6 is 0 Å². The maximum Gasteiger partial charge on any atom is 0.335 e. The Morgan fingerprint density at radius 2 is 2.05 bits per heavy atom. The molecule has 0 fully saturated rings. The summed E-state index contributed by atoms with van der Waals surface area (Å²) in [6.07, 6.45) is 0. The molecule has 0 atom stereocenters. The third kappa shape index (κ3) is 4.26. The number of carbonyl (C=O) groups excluding carboxylic acids is 1. The number of aromatic carboxylic acids is 1. The fourth-order valence-electron chi connectivity index (χ4n) is 1.63. The number of nitrogens with one attached hydrogen (secondary N) is 1. The van der Waals surface area contributed by atoms with E-state index in [0.717, 1.165) is 0 Å². The third-order valence-corrected chi connectivity index (χ3v) is 2.59. The van der Waals surface area contributed by atoms with Gasteiger partial charge in [-0.25, -0.2) is 9.59 Å². The van der Waals surface area contributed by atoms with Gasteiger partial charge in [-0.2, -0.15) is 0 Å². The maximum atomic E-state index is 12.0. The van der Waals surface area contributed by atoms with E-state index in [2.05, 4.69) is 5.32 Å². The van der Waals surface area contributed by atoms with Gasteiger partial charge in [-0.1, -0.05) is 6.07 Å². The Bertz CT molecular complexity index is 460. The largest absolute Gasteiger partial charge is 0.478 e. The number of hydrogen-bond donors (Lipinski definition) is 3. The van der Waals surface area contributed by atoms with E-state index in [4.69, 9.17) is 10.2 Å². The van der Waals surface area contributed by atoms with Gasteiger partial charge >= 0.3 is 12.0 Å². The number of anilines is 1. The SMILES string of the molecule is CC(C)N(CCO)C(=O)Nc1cccc(C(=O)O)c1. The first-order chi connectivity index (χ1) is 8.95. The summed E-state index contributed by atoms with van der Waals surface area (Å²) in [4.78, 5) is 24.3. The van der Waals surface area contributed by atoms with Crippen molar-refractivity contribution in [3.63, 3.8) is 0 Å². The smallest absolute Gasteiger partial charge is 0.335 e. The number of carboxylic acids is 1. The molecule has 0 aliphatic heterocycles. The second-order valence-electron chi connectivity index (χ2n) is 4.33. The van der Waals surface area contributed by atoms with Gasteiger partial charge in [0.05, 0.1) is 12.2 Å². The van der Waals surface area contributed by atoms with E-state index in [9.17, 15) is 9.59 Å². The molecule has 1 aromatic carbocycles. The van der Waals surface area contributed by atoms with Crippen molar-refractivity contribution in [1.82, 2.24) is 4.90 Å². The molecule has 3 N–H and O–H groups in total. The van der Waals surface area contributed by atoms with Gasteiger partial charge in [0, 0.05) is 18.3 Å². The summed E-state index contributed by atoms with van der Waals surface area (Å²) in [5.74, 6) is -1.05. The van der Waals surface area contributed by atoms with Crippen molar-refractivity contribution < 1.29 is 19.8 Å². The van der Waals surface area contributed by atoms with Crippen molar-refractivity contribution in [2.45, 2.75) is 19.9 Å². The molecule has 104 valence electrons. The van der Waals surface area contributed by atoms with Gasteiger partial charge in [-0.05, 0) is 32.0 Å². The molecular weight excluding hydrogens is 248 g/mol. The molecule has 0 aromatic heterocycles. The highest BCUT2D eigenvalue weighted by atomic mass is 16.4. The summed E-state index contributed by atoms with van der Waals surface area (Å²) in [5.41, 5.74) is 0.518. The number of rotatable bonds is 5. The molecule has 0 bridgehead atoms. The van der Waals surface area contributed by atoms with Crippen LogP contribution in [0.25, 0.3) is 0 Å². The van der Waals surface area contributed by atoms with Crippen LogP contribution in [0.4, 0.5) is 10.5 Å². The van der Waals surface area contributed by atoms with E-state index in [1.807, 2.05) is 13.8 Å². The van der Waals surface area contributed by atoms with Crippen LogP contribution in [0, 0.1) is 0 Å². The summed E-state index contributed by atoms with van der Waals surface area (Å²) in [6.45, 7) is 3.77. The average molecular weight is 266 g/mol. The zero-order valence-corrected chi connectivity index (χ0v) is 11.0. The number of carboxylic acid groups (broad SMARTS) is 1. The Kier molecular flexibility index (Phi) is 5.32. The first kappa shape index (κ1) is 15.0. The van der Waals surface area contributed by atoms with E-state index < -0.39 is 5.97 Å². The van der Waals surface area contributed by atoms with Crippen LogP contribution < -0.4 is 5.32 Å². The molecule has 0 unspecified atom stereocenters. The first-order valence-electron chi connectivity index (χ1n) is 5.97.